The zero-order valence-electron chi connectivity index (χ0n) is 11.0. The van der Waals surface area contributed by atoms with Crippen LogP contribution in [-0.4, -0.2) is 0 Å². The van der Waals surface area contributed by atoms with E-state index in [0.717, 1.165) is 22.6 Å². The van der Waals surface area contributed by atoms with Gasteiger partial charge < -0.3 is 0 Å². The molecule has 0 atom stereocenters. The predicted octanol–water partition coefficient (Wildman–Crippen LogP) is 4.84. The molecule has 3 rings (SSSR count). The molecule has 3 aromatic rings. The minimum atomic E-state index is -0.214. The van der Waals surface area contributed by atoms with E-state index in [1.807, 2.05) is 48.5 Å². The highest BCUT2D eigenvalue weighted by Gasteiger charge is 2.16. The largest absolute Gasteiger partial charge is 0.207 e. The van der Waals surface area contributed by atoms with Gasteiger partial charge in [-0.15, -0.1) is 0 Å². The van der Waals surface area contributed by atoms with E-state index >= 15 is 0 Å². The van der Waals surface area contributed by atoms with Crippen LogP contribution < -0.4 is 0 Å². The van der Waals surface area contributed by atoms with E-state index in [4.69, 9.17) is 0 Å². The van der Waals surface area contributed by atoms with Crippen molar-refractivity contribution in [1.82, 2.24) is 0 Å². The Morgan fingerprint density at radius 1 is 0.500 bits per heavy atom. The van der Waals surface area contributed by atoms with Crippen molar-refractivity contribution in [2.24, 2.45) is 0 Å². The van der Waals surface area contributed by atoms with Gasteiger partial charge >= 0.3 is 0 Å². The Morgan fingerprint density at radius 2 is 0.900 bits per heavy atom. The second-order valence-electron chi connectivity index (χ2n) is 4.61. The van der Waals surface area contributed by atoms with Gasteiger partial charge in [-0.05, 0) is 28.8 Å². The summed E-state index contributed by atoms with van der Waals surface area (Å²) in [6.45, 7) is 0. The van der Waals surface area contributed by atoms with E-state index in [0.29, 0.717) is 0 Å². The summed E-state index contributed by atoms with van der Waals surface area (Å²) in [5, 5.41) is 0. The Balaban J connectivity index is 2.11. The van der Waals surface area contributed by atoms with Crippen molar-refractivity contribution in [1.29, 1.82) is 0 Å². The van der Waals surface area contributed by atoms with Gasteiger partial charge in [0, 0.05) is 0 Å². The molecule has 0 saturated carbocycles. The summed E-state index contributed by atoms with van der Waals surface area (Å²) in [6.07, 6.45) is 0. The van der Waals surface area contributed by atoms with Gasteiger partial charge in [0.05, 0.1) is 5.92 Å². The molecule has 0 unspecified atom stereocenters. The lowest BCUT2D eigenvalue weighted by atomic mass is 9.85. The van der Waals surface area contributed by atoms with Gasteiger partial charge in [-0.1, -0.05) is 72.8 Å². The van der Waals surface area contributed by atoms with Crippen LogP contribution in [0.1, 0.15) is 16.7 Å². The Morgan fingerprint density at radius 3 is 1.35 bits per heavy atom. The lowest BCUT2D eigenvalue weighted by Gasteiger charge is -2.17. The fraction of sp³-hybridized carbons (Fsp3) is 0. The number of benzene rings is 3. The molecule has 1 heteroatoms. The Kier molecular flexibility index (Phi) is 3.60. The van der Waals surface area contributed by atoms with Crippen molar-refractivity contribution < 1.29 is 4.39 Å². The van der Waals surface area contributed by atoms with Crippen molar-refractivity contribution in [2.45, 2.75) is 0 Å². The lowest BCUT2D eigenvalue weighted by Crippen LogP contribution is -2.04. The molecule has 0 aromatic heterocycles. The number of hydrogen-bond donors (Lipinski definition) is 0. The van der Waals surface area contributed by atoms with Crippen LogP contribution in [0, 0.1) is 11.7 Å². The minimum absolute atomic E-state index is 0.214. The summed E-state index contributed by atoms with van der Waals surface area (Å²) in [5.74, 6) is 0.903. The summed E-state index contributed by atoms with van der Waals surface area (Å²) in [7, 11) is 0. The van der Waals surface area contributed by atoms with Crippen LogP contribution in [0.5, 0.6) is 0 Å². The van der Waals surface area contributed by atoms with E-state index in [9.17, 15) is 4.39 Å². The van der Waals surface area contributed by atoms with Gasteiger partial charge in [-0.2, -0.15) is 0 Å². The molecule has 0 aliphatic carbocycles. The summed E-state index contributed by atoms with van der Waals surface area (Å²) in [6, 6.07) is 27.0. The maximum absolute atomic E-state index is 13.1. The highest BCUT2D eigenvalue weighted by molar-refractivity contribution is 5.56. The minimum Gasteiger partial charge on any atom is -0.207 e. The lowest BCUT2D eigenvalue weighted by molar-refractivity contribution is 0.627. The average Bonchev–Trinajstić information content (AvgIpc) is 2.52. The van der Waals surface area contributed by atoms with Gasteiger partial charge in [-0.3, -0.25) is 0 Å². The smallest absolute Gasteiger partial charge is 0.123 e. The monoisotopic (exact) mass is 261 g/mol. The van der Waals surface area contributed by atoms with Crippen LogP contribution >= 0.6 is 0 Å². The highest BCUT2D eigenvalue weighted by Crippen LogP contribution is 2.30. The zero-order chi connectivity index (χ0) is 13.8. The molecule has 97 valence electrons. The van der Waals surface area contributed by atoms with Gasteiger partial charge in [-0.25, -0.2) is 4.39 Å². The van der Waals surface area contributed by atoms with Gasteiger partial charge in [0.25, 0.3) is 0 Å². The first-order chi connectivity index (χ1) is 9.84. The fourth-order valence-corrected chi connectivity index (χ4v) is 2.33. The molecule has 0 heterocycles. The molecule has 0 aliphatic rings. The van der Waals surface area contributed by atoms with Crippen molar-refractivity contribution in [3.8, 4) is 0 Å². The molecule has 0 spiro atoms. The SMILES string of the molecule is Fc1ccc([C](c2ccccc2)c2ccccc2)cc1. The predicted molar refractivity (Wildman–Crippen MR) is 79.8 cm³/mol. The van der Waals surface area contributed by atoms with E-state index in [-0.39, 0.29) is 5.82 Å². The molecule has 0 aliphatic heterocycles. The van der Waals surface area contributed by atoms with Crippen LogP contribution in [0.4, 0.5) is 4.39 Å². The molecule has 0 fully saturated rings. The Hall–Kier alpha value is -2.41. The molecule has 3 aromatic carbocycles. The molecule has 1 radical (unpaired) electrons. The normalized spacial score (nSPS) is 10.7. The van der Waals surface area contributed by atoms with E-state index in [2.05, 4.69) is 24.3 Å². The quantitative estimate of drug-likeness (QED) is 0.591. The van der Waals surface area contributed by atoms with Crippen LogP contribution in [0.2, 0.25) is 0 Å². The molecular formula is C19H14F. The van der Waals surface area contributed by atoms with Crippen LogP contribution in [0.3, 0.4) is 0 Å². The molecule has 0 N–H and O–H groups in total. The third kappa shape index (κ3) is 2.62. The van der Waals surface area contributed by atoms with Crippen molar-refractivity contribution in [3.05, 3.63) is 113 Å². The van der Waals surface area contributed by atoms with Gasteiger partial charge in [0.1, 0.15) is 5.82 Å². The zero-order valence-corrected chi connectivity index (χ0v) is 11.0. The molecule has 0 nitrogen and oxygen atoms in total. The molecule has 0 amide bonds. The number of rotatable bonds is 3. The Labute approximate surface area is 118 Å². The summed E-state index contributed by atoms with van der Waals surface area (Å²) in [4.78, 5) is 0. The van der Waals surface area contributed by atoms with Crippen molar-refractivity contribution in [3.63, 3.8) is 0 Å². The maximum Gasteiger partial charge on any atom is 0.123 e. The number of hydrogen-bond acceptors (Lipinski definition) is 0. The molecule has 0 saturated heterocycles. The first-order valence-corrected chi connectivity index (χ1v) is 6.58. The first-order valence-electron chi connectivity index (χ1n) is 6.58. The van der Waals surface area contributed by atoms with Gasteiger partial charge in [0.15, 0.2) is 0 Å². The number of halogens is 1. The third-order valence-electron chi connectivity index (χ3n) is 3.26. The summed E-state index contributed by atoms with van der Waals surface area (Å²) < 4.78 is 13.1. The average molecular weight is 261 g/mol. The van der Waals surface area contributed by atoms with E-state index < -0.39 is 0 Å². The summed E-state index contributed by atoms with van der Waals surface area (Å²) >= 11 is 0. The summed E-state index contributed by atoms with van der Waals surface area (Å²) in [5.41, 5.74) is 3.28. The fourth-order valence-electron chi connectivity index (χ4n) is 2.33. The molecular weight excluding hydrogens is 247 g/mol. The van der Waals surface area contributed by atoms with E-state index in [1.165, 1.54) is 12.1 Å². The highest BCUT2D eigenvalue weighted by atomic mass is 19.1. The second-order valence-corrected chi connectivity index (χ2v) is 4.61. The third-order valence-corrected chi connectivity index (χ3v) is 3.26. The molecule has 0 bridgehead atoms. The van der Waals surface area contributed by atoms with Crippen LogP contribution in [0.25, 0.3) is 0 Å². The van der Waals surface area contributed by atoms with Crippen molar-refractivity contribution in [2.75, 3.05) is 0 Å². The van der Waals surface area contributed by atoms with Crippen LogP contribution in [-0.2, 0) is 0 Å². The van der Waals surface area contributed by atoms with Crippen molar-refractivity contribution >= 4 is 0 Å². The van der Waals surface area contributed by atoms with Crippen LogP contribution in [0.15, 0.2) is 84.9 Å². The second kappa shape index (κ2) is 5.70. The molecule has 20 heavy (non-hydrogen) atoms. The topological polar surface area (TPSA) is 0 Å². The standard InChI is InChI=1S/C19H14F/c20-18-13-11-17(12-14-18)19(15-7-3-1-4-8-15)16-9-5-2-6-10-16/h1-14H. The maximum atomic E-state index is 13.1. The first kappa shape index (κ1) is 12.6. The van der Waals surface area contributed by atoms with Gasteiger partial charge in [0.2, 0.25) is 0 Å². The van der Waals surface area contributed by atoms with E-state index in [1.54, 1.807) is 0 Å². The Bertz CT molecular complexity index is 618.